The van der Waals surface area contributed by atoms with Gasteiger partial charge in [-0.05, 0) is 52.4 Å². The molecule has 84 heavy (non-hydrogen) atoms. The summed E-state index contributed by atoms with van der Waals surface area (Å²) in [6.45, 7) is 8.83. The molecule has 0 aromatic heterocycles. The van der Waals surface area contributed by atoms with Crippen LogP contribution in [0, 0.1) is 0 Å². The number of allylic oxidation sites excluding steroid dienone is 2. The predicted octanol–water partition coefficient (Wildman–Crippen LogP) is 0.968. The third-order valence-corrected chi connectivity index (χ3v) is 14.2. The number of nitrogens with zero attached hydrogens (tertiary/aromatic N) is 1. The predicted molar refractivity (Wildman–Crippen MR) is 301 cm³/mol. The first-order chi connectivity index (χ1) is 40.2. The maximum Gasteiger partial charge on any atom is 0.407 e. The molecule has 0 spiro atoms. The van der Waals surface area contributed by atoms with Gasteiger partial charge >= 0.3 is 18.2 Å². The van der Waals surface area contributed by atoms with Crippen LogP contribution in [-0.4, -0.2) is 245 Å². The van der Waals surface area contributed by atoms with Crippen molar-refractivity contribution in [2.45, 2.75) is 165 Å². The normalized spacial score (nSPS) is 18.9. The van der Waals surface area contributed by atoms with Crippen LogP contribution in [0.4, 0.5) is 9.59 Å². The van der Waals surface area contributed by atoms with E-state index in [0.717, 1.165) is 19.3 Å². The molecule has 7 amide bonds. The van der Waals surface area contributed by atoms with Crippen molar-refractivity contribution in [3.05, 3.63) is 12.2 Å². The van der Waals surface area contributed by atoms with Gasteiger partial charge in [0, 0.05) is 83.2 Å². The van der Waals surface area contributed by atoms with Crippen LogP contribution in [0.2, 0.25) is 0 Å². The van der Waals surface area contributed by atoms with Crippen molar-refractivity contribution in [2.24, 2.45) is 0 Å². The molecule has 0 aromatic carbocycles. The van der Waals surface area contributed by atoms with Gasteiger partial charge in [-0.1, -0.05) is 32.9 Å². The number of nitrogens with one attached hydrogen (secondary N) is 5. The number of carboxylic acids is 1. The maximum atomic E-state index is 13.0. The van der Waals surface area contributed by atoms with E-state index in [4.69, 9.17) is 57.2 Å². The van der Waals surface area contributed by atoms with E-state index in [1.807, 2.05) is 13.0 Å². The fourth-order valence-corrected chi connectivity index (χ4v) is 9.44. The molecule has 0 radical (unpaired) electrons. The first-order valence-electron chi connectivity index (χ1n) is 28.6. The van der Waals surface area contributed by atoms with Gasteiger partial charge in [0.1, 0.15) is 19.8 Å². The van der Waals surface area contributed by atoms with Crippen molar-refractivity contribution in [3.63, 3.8) is 0 Å². The Hall–Kier alpha value is -4.83. The lowest BCUT2D eigenvalue weighted by Crippen LogP contribution is -2.37. The molecular weight excluding hydrogens is 1130 g/mol. The number of aliphatic hydroxyl groups is 3. The molecule has 8 unspecified atom stereocenters. The van der Waals surface area contributed by atoms with Gasteiger partial charge in [-0.2, -0.15) is 0 Å². The molecule has 2 fully saturated rings. The minimum atomic E-state index is -1.16. The summed E-state index contributed by atoms with van der Waals surface area (Å²) in [6, 6.07) is 0. The standard InChI is InChI=1S/C54H94N6O23S/c1-7-9-10-11-18-53(3,4)84-41-31-45(67)60(50(41)70)25-15-43(65)57-24-28-75-30-29-74-26-17-44(66)56-23-22-55-42(64)13-20-58-51(71)78-36-48(80-38(8-2)32-61)76-27-16-40(34-63)82-49-37-79-54(5,83-49)19-12-39(33-62)81-47(73-6)35-77-52(72)59-21-14-46(68)69/h7,9,38-41,47-49,61-63H,8,10-37H2,1-6H3,(H,55,64)(H,56,66)(H,57,65)(H,58,71)(H,59,72)(H,68,69)/b9-7-. The number of likely N-dealkylation sites (tertiary alicyclic amines) is 1. The van der Waals surface area contributed by atoms with E-state index in [9.17, 15) is 53.7 Å². The summed E-state index contributed by atoms with van der Waals surface area (Å²) in [7, 11) is 1.32. The molecule has 0 saturated carbocycles. The minimum absolute atomic E-state index is 0.00372. The Morgan fingerprint density at radius 2 is 1.37 bits per heavy atom. The smallest absolute Gasteiger partial charge is 0.407 e. The van der Waals surface area contributed by atoms with Crippen molar-refractivity contribution in [1.82, 2.24) is 31.5 Å². The number of carbonyl (C=O) groups excluding carboxylic acids is 7. The zero-order chi connectivity index (χ0) is 62.2. The van der Waals surface area contributed by atoms with E-state index >= 15 is 0 Å². The summed E-state index contributed by atoms with van der Waals surface area (Å²) >= 11 is 1.52. The first kappa shape index (κ1) is 75.3. The van der Waals surface area contributed by atoms with Crippen LogP contribution < -0.4 is 26.6 Å². The number of thioether (sulfide) groups is 1. The molecular formula is C54H94N6O23S. The van der Waals surface area contributed by atoms with Gasteiger partial charge in [0.05, 0.1) is 82.8 Å². The van der Waals surface area contributed by atoms with E-state index in [0.29, 0.717) is 6.42 Å². The molecule has 29 nitrogen and oxygen atoms in total. The molecule has 2 saturated heterocycles. The van der Waals surface area contributed by atoms with Crippen molar-refractivity contribution in [2.75, 3.05) is 119 Å². The number of unbranched alkanes of at least 4 members (excludes halogenated alkanes) is 1. The van der Waals surface area contributed by atoms with E-state index in [1.165, 1.54) is 23.8 Å². The number of rotatable bonds is 49. The lowest BCUT2D eigenvalue weighted by molar-refractivity contribution is -0.231. The van der Waals surface area contributed by atoms with E-state index in [1.54, 1.807) is 13.8 Å². The monoisotopic (exact) mass is 1230 g/mol. The highest BCUT2D eigenvalue weighted by Gasteiger charge is 2.42. The number of ether oxygens (including phenoxy) is 11. The zero-order valence-electron chi connectivity index (χ0n) is 49.6. The third kappa shape index (κ3) is 34.3. The van der Waals surface area contributed by atoms with Gasteiger partial charge in [0.2, 0.25) is 29.5 Å². The summed E-state index contributed by atoms with van der Waals surface area (Å²) in [5, 5.41) is 50.8. The molecule has 2 aliphatic rings. The van der Waals surface area contributed by atoms with Gasteiger partial charge in [-0.25, -0.2) is 9.59 Å². The van der Waals surface area contributed by atoms with Crippen LogP contribution in [0.25, 0.3) is 0 Å². The minimum Gasteiger partial charge on any atom is -0.481 e. The van der Waals surface area contributed by atoms with Crippen LogP contribution in [0.5, 0.6) is 0 Å². The molecule has 2 heterocycles. The number of imide groups is 1. The highest BCUT2D eigenvalue weighted by molar-refractivity contribution is 8.02. The summed E-state index contributed by atoms with van der Waals surface area (Å²) in [5.74, 6) is -3.73. The van der Waals surface area contributed by atoms with Crippen LogP contribution >= 0.6 is 11.8 Å². The largest absolute Gasteiger partial charge is 0.481 e. The van der Waals surface area contributed by atoms with Gasteiger partial charge in [-0.3, -0.25) is 33.7 Å². The number of amides is 7. The number of carbonyl (C=O) groups is 8. The topological polar surface area (TPSA) is 382 Å². The number of alkyl carbamates (subject to hydrolysis) is 2. The Balaban J connectivity index is 1.56. The average molecular weight is 1230 g/mol. The lowest BCUT2D eigenvalue weighted by Gasteiger charge is -2.28. The number of aliphatic carboxylic acids is 1. The Morgan fingerprint density at radius 3 is 2.00 bits per heavy atom. The van der Waals surface area contributed by atoms with Crippen molar-refractivity contribution >= 4 is 59.5 Å². The van der Waals surface area contributed by atoms with Crippen LogP contribution in [0.15, 0.2) is 12.2 Å². The lowest BCUT2D eigenvalue weighted by atomic mass is 10.1. The SMILES string of the molecule is C/C=C\CCCC(C)(C)SC1CC(=O)N(CCC(=O)NCCOCCOCCC(=O)NCCNC(=O)CCNC(=O)OCC(OCCC(CO)OC2COC(C)(CCC(CO)OC(COC(=O)NCCC(=O)O)OC)O2)OC(CC)CO)C1=O. The van der Waals surface area contributed by atoms with E-state index < -0.39 is 85.5 Å². The maximum absolute atomic E-state index is 13.0. The molecule has 30 heteroatoms. The molecule has 0 bridgehead atoms. The fraction of sp³-hybridized carbons (Fsp3) is 0.815. The molecule has 0 aliphatic carbocycles. The Kier molecular flexibility index (Phi) is 39.2. The highest BCUT2D eigenvalue weighted by Crippen LogP contribution is 2.38. The fourth-order valence-electron chi connectivity index (χ4n) is 7.96. The van der Waals surface area contributed by atoms with Crippen LogP contribution in [-0.2, 0) is 80.9 Å². The van der Waals surface area contributed by atoms with Crippen molar-refractivity contribution in [3.8, 4) is 0 Å². The molecule has 2 aliphatic heterocycles. The van der Waals surface area contributed by atoms with Crippen molar-refractivity contribution in [1.29, 1.82) is 0 Å². The summed E-state index contributed by atoms with van der Waals surface area (Å²) < 4.78 is 61.3. The molecule has 484 valence electrons. The Morgan fingerprint density at radius 1 is 0.762 bits per heavy atom. The number of hydrogen-bond donors (Lipinski definition) is 9. The molecule has 0 aromatic rings. The number of methoxy groups -OCH3 is 1. The van der Waals surface area contributed by atoms with Gasteiger partial charge < -0.3 is 99.1 Å². The molecule has 2 rings (SSSR count). The summed E-state index contributed by atoms with van der Waals surface area (Å²) in [6.07, 6.45) is 0.885. The van der Waals surface area contributed by atoms with Gasteiger partial charge in [-0.15, -0.1) is 11.8 Å². The third-order valence-electron chi connectivity index (χ3n) is 12.7. The molecule has 9 N–H and O–H groups in total. The summed E-state index contributed by atoms with van der Waals surface area (Å²) in [5.41, 5.74) is 0. The second-order valence-corrected chi connectivity index (χ2v) is 22.1. The molecule has 8 atom stereocenters. The van der Waals surface area contributed by atoms with Gasteiger partial charge in [0.25, 0.3) is 0 Å². The van der Waals surface area contributed by atoms with Gasteiger partial charge in [0.15, 0.2) is 24.7 Å². The van der Waals surface area contributed by atoms with E-state index in [-0.39, 0.29) is 178 Å². The average Bonchev–Trinajstić information content (AvgIpc) is 4.19. The van der Waals surface area contributed by atoms with Crippen LogP contribution in [0.1, 0.15) is 112 Å². The van der Waals surface area contributed by atoms with Crippen molar-refractivity contribution < 1.29 is 111 Å². The second-order valence-electron chi connectivity index (χ2n) is 20.1. The number of aliphatic hydroxyl groups excluding tert-OH is 3. The van der Waals surface area contributed by atoms with E-state index in [2.05, 4.69) is 46.5 Å². The Labute approximate surface area is 496 Å². The zero-order valence-corrected chi connectivity index (χ0v) is 50.4. The number of hydrogen-bond acceptors (Lipinski definition) is 23. The number of carboxylic acid groups (broad SMARTS) is 1. The second kappa shape index (κ2) is 43.7. The Bertz CT molecular complexity index is 1970. The van der Waals surface area contributed by atoms with Crippen LogP contribution in [0.3, 0.4) is 0 Å². The quantitative estimate of drug-likeness (QED) is 0.0177. The first-order valence-corrected chi connectivity index (χ1v) is 29.4. The summed E-state index contributed by atoms with van der Waals surface area (Å²) in [4.78, 5) is 98.6. The highest BCUT2D eigenvalue weighted by atomic mass is 32.2.